The van der Waals surface area contributed by atoms with Gasteiger partial charge in [0.1, 0.15) is 6.54 Å². The Bertz CT molecular complexity index is 350. The molecule has 16 heavy (non-hydrogen) atoms. The molecule has 1 aliphatic heterocycles. The molecule has 3 nitrogen and oxygen atoms in total. The van der Waals surface area contributed by atoms with E-state index in [1.54, 1.807) is 0 Å². The quantitative estimate of drug-likeness (QED) is 0.736. The van der Waals surface area contributed by atoms with Crippen molar-refractivity contribution in [1.82, 2.24) is 0 Å². The first kappa shape index (κ1) is 11.1. The summed E-state index contributed by atoms with van der Waals surface area (Å²) in [5, 5.41) is 0. The van der Waals surface area contributed by atoms with E-state index >= 15 is 0 Å². The second kappa shape index (κ2) is 5.12. The van der Waals surface area contributed by atoms with Gasteiger partial charge in [0, 0.05) is 5.56 Å². The van der Waals surface area contributed by atoms with E-state index in [1.165, 1.54) is 10.5 Å². The fourth-order valence-corrected chi connectivity index (χ4v) is 2.44. The van der Waals surface area contributed by atoms with Gasteiger partial charge in [-0.1, -0.05) is 30.3 Å². The summed E-state index contributed by atoms with van der Waals surface area (Å²) in [6, 6.07) is 10.4. The number of likely N-dealkylation sites (tertiary alicyclic amines) is 1. The van der Waals surface area contributed by atoms with Gasteiger partial charge in [-0.3, -0.25) is 4.79 Å². The summed E-state index contributed by atoms with van der Waals surface area (Å²) in [6.45, 7) is 3.05. The predicted octanol–water partition coefficient (Wildman–Crippen LogP) is -0.0332. The number of carbonyl (C=O) groups excluding carboxylic acids is 1. The number of piperidine rings is 1. The lowest BCUT2D eigenvalue weighted by molar-refractivity contribution is -0.921. The van der Waals surface area contributed by atoms with Gasteiger partial charge in [0.15, 0.2) is 0 Å². The van der Waals surface area contributed by atoms with Crippen molar-refractivity contribution < 1.29 is 9.69 Å². The van der Waals surface area contributed by atoms with E-state index in [9.17, 15) is 4.79 Å². The Morgan fingerprint density at radius 3 is 2.81 bits per heavy atom. The van der Waals surface area contributed by atoms with E-state index in [-0.39, 0.29) is 11.8 Å². The van der Waals surface area contributed by atoms with Gasteiger partial charge in [0.2, 0.25) is 5.91 Å². The van der Waals surface area contributed by atoms with E-state index in [4.69, 9.17) is 5.73 Å². The number of hydrogen-bond donors (Lipinski definition) is 2. The molecule has 1 fully saturated rings. The zero-order valence-electron chi connectivity index (χ0n) is 9.49. The van der Waals surface area contributed by atoms with E-state index in [0.29, 0.717) is 0 Å². The van der Waals surface area contributed by atoms with Crippen molar-refractivity contribution in [3.8, 4) is 0 Å². The third kappa shape index (κ3) is 2.83. The van der Waals surface area contributed by atoms with Gasteiger partial charge < -0.3 is 10.6 Å². The molecule has 2 atom stereocenters. The van der Waals surface area contributed by atoms with Crippen LogP contribution in [-0.4, -0.2) is 19.0 Å². The number of nitrogens with one attached hydrogen (secondary N) is 1. The summed E-state index contributed by atoms with van der Waals surface area (Å²) in [7, 11) is 0. The standard InChI is InChI=1S/C13H18N2O/c14-13(16)12-7-4-8-15(10-12)9-11-5-2-1-3-6-11/h1-3,5-6,12H,4,7-10H2,(H2,14,16)/p+1/t12-/m1/s1. The molecule has 0 bridgehead atoms. The maximum atomic E-state index is 11.2. The molecule has 1 aliphatic rings. The molecule has 1 saturated heterocycles. The van der Waals surface area contributed by atoms with Crippen molar-refractivity contribution in [2.45, 2.75) is 19.4 Å². The largest absolute Gasteiger partial charge is 0.369 e. The van der Waals surface area contributed by atoms with Gasteiger partial charge in [0.05, 0.1) is 19.0 Å². The van der Waals surface area contributed by atoms with Gasteiger partial charge in [0.25, 0.3) is 0 Å². The topological polar surface area (TPSA) is 47.5 Å². The van der Waals surface area contributed by atoms with Gasteiger partial charge >= 0.3 is 0 Å². The molecule has 1 unspecified atom stereocenters. The number of amides is 1. The molecular formula is C13H19N2O+. The van der Waals surface area contributed by atoms with E-state index in [1.807, 2.05) is 6.07 Å². The Labute approximate surface area is 96.2 Å². The summed E-state index contributed by atoms with van der Waals surface area (Å²) >= 11 is 0. The highest BCUT2D eigenvalue weighted by Gasteiger charge is 2.26. The molecule has 0 spiro atoms. The molecule has 1 aromatic carbocycles. The van der Waals surface area contributed by atoms with Crippen LogP contribution in [0.15, 0.2) is 30.3 Å². The van der Waals surface area contributed by atoms with Gasteiger partial charge in [-0.05, 0) is 12.8 Å². The average molecular weight is 219 g/mol. The summed E-state index contributed by atoms with van der Waals surface area (Å²) in [5.74, 6) is -0.0577. The van der Waals surface area contributed by atoms with Gasteiger partial charge in [-0.2, -0.15) is 0 Å². The number of benzene rings is 1. The third-order valence-electron chi connectivity index (χ3n) is 3.32. The number of hydrogen-bond acceptors (Lipinski definition) is 1. The third-order valence-corrected chi connectivity index (χ3v) is 3.32. The van der Waals surface area contributed by atoms with Crippen molar-refractivity contribution in [1.29, 1.82) is 0 Å². The lowest BCUT2D eigenvalue weighted by atomic mass is 9.97. The molecule has 1 aromatic rings. The molecule has 1 heterocycles. The molecule has 0 saturated carbocycles. The van der Waals surface area contributed by atoms with Crippen LogP contribution in [0.25, 0.3) is 0 Å². The maximum absolute atomic E-state index is 11.2. The summed E-state index contributed by atoms with van der Waals surface area (Å²) in [5.41, 5.74) is 6.71. The summed E-state index contributed by atoms with van der Waals surface area (Å²) in [6.07, 6.45) is 2.07. The zero-order chi connectivity index (χ0) is 11.4. The van der Waals surface area contributed by atoms with Crippen LogP contribution < -0.4 is 10.6 Å². The van der Waals surface area contributed by atoms with E-state index < -0.39 is 0 Å². The lowest BCUT2D eigenvalue weighted by Crippen LogP contribution is -3.12. The minimum Gasteiger partial charge on any atom is -0.369 e. The SMILES string of the molecule is NC(=O)[C@@H]1CCC[NH+](Cc2ccccc2)C1. The Balaban J connectivity index is 1.93. The first-order chi connectivity index (χ1) is 7.75. The Morgan fingerprint density at radius 2 is 2.12 bits per heavy atom. The predicted molar refractivity (Wildman–Crippen MR) is 62.8 cm³/mol. The van der Waals surface area contributed by atoms with Crippen molar-refractivity contribution >= 4 is 5.91 Å². The van der Waals surface area contributed by atoms with Crippen molar-refractivity contribution in [3.63, 3.8) is 0 Å². The van der Waals surface area contributed by atoms with Gasteiger partial charge in [-0.15, -0.1) is 0 Å². The van der Waals surface area contributed by atoms with E-state index in [0.717, 1.165) is 32.5 Å². The van der Waals surface area contributed by atoms with Crippen LogP contribution in [0.3, 0.4) is 0 Å². The minimum absolute atomic E-state index is 0.0764. The highest BCUT2D eigenvalue weighted by molar-refractivity contribution is 5.76. The Kier molecular flexibility index (Phi) is 3.57. The molecule has 3 heteroatoms. The first-order valence-corrected chi connectivity index (χ1v) is 5.92. The molecule has 2 rings (SSSR count). The number of nitrogens with two attached hydrogens (primary N) is 1. The van der Waals surface area contributed by atoms with Crippen LogP contribution in [0.5, 0.6) is 0 Å². The van der Waals surface area contributed by atoms with Crippen LogP contribution in [0.1, 0.15) is 18.4 Å². The highest BCUT2D eigenvalue weighted by atomic mass is 16.1. The van der Waals surface area contributed by atoms with Gasteiger partial charge in [-0.25, -0.2) is 0 Å². The molecule has 1 amide bonds. The van der Waals surface area contributed by atoms with Crippen LogP contribution in [0, 0.1) is 5.92 Å². The van der Waals surface area contributed by atoms with Crippen LogP contribution >= 0.6 is 0 Å². The van der Waals surface area contributed by atoms with Crippen LogP contribution in [0.2, 0.25) is 0 Å². The second-order valence-electron chi connectivity index (χ2n) is 4.61. The Morgan fingerprint density at radius 1 is 1.38 bits per heavy atom. The molecule has 86 valence electrons. The summed E-state index contributed by atoms with van der Waals surface area (Å²) in [4.78, 5) is 12.6. The maximum Gasteiger partial charge on any atom is 0.226 e. The minimum atomic E-state index is -0.134. The summed E-state index contributed by atoms with van der Waals surface area (Å²) < 4.78 is 0. The monoisotopic (exact) mass is 219 g/mol. The normalized spacial score (nSPS) is 25.2. The first-order valence-electron chi connectivity index (χ1n) is 5.92. The second-order valence-corrected chi connectivity index (χ2v) is 4.61. The van der Waals surface area contributed by atoms with Crippen molar-refractivity contribution in [2.75, 3.05) is 13.1 Å². The Hall–Kier alpha value is -1.35. The highest BCUT2D eigenvalue weighted by Crippen LogP contribution is 2.07. The molecule has 0 aromatic heterocycles. The average Bonchev–Trinajstić information content (AvgIpc) is 2.30. The smallest absolute Gasteiger partial charge is 0.226 e. The lowest BCUT2D eigenvalue weighted by Gasteiger charge is -2.28. The van der Waals surface area contributed by atoms with E-state index in [2.05, 4.69) is 24.3 Å². The molecule has 0 aliphatic carbocycles. The number of quaternary nitrogens is 1. The zero-order valence-corrected chi connectivity index (χ0v) is 9.49. The van der Waals surface area contributed by atoms with Crippen molar-refractivity contribution in [2.24, 2.45) is 11.7 Å². The van der Waals surface area contributed by atoms with Crippen LogP contribution in [-0.2, 0) is 11.3 Å². The molecule has 3 N–H and O–H groups in total. The molecule has 0 radical (unpaired) electrons. The number of rotatable bonds is 3. The van der Waals surface area contributed by atoms with Crippen LogP contribution in [0.4, 0.5) is 0 Å². The fourth-order valence-electron chi connectivity index (χ4n) is 2.44. The van der Waals surface area contributed by atoms with Crippen molar-refractivity contribution in [3.05, 3.63) is 35.9 Å². The fraction of sp³-hybridized carbons (Fsp3) is 0.462. The molecular weight excluding hydrogens is 200 g/mol. The number of primary amides is 1. The number of carbonyl (C=O) groups is 1.